The van der Waals surface area contributed by atoms with Crippen LogP contribution in [-0.2, 0) is 12.6 Å². The van der Waals surface area contributed by atoms with Gasteiger partial charge in [-0.2, -0.15) is 0 Å². The summed E-state index contributed by atoms with van der Waals surface area (Å²) in [6.07, 6.45) is 0. The summed E-state index contributed by atoms with van der Waals surface area (Å²) >= 11 is -3.32. The summed E-state index contributed by atoms with van der Waals surface area (Å²) in [4.78, 5) is 21.1. The van der Waals surface area contributed by atoms with Crippen molar-refractivity contribution in [2.75, 3.05) is 0 Å². The summed E-state index contributed by atoms with van der Waals surface area (Å²) in [6.45, 7) is 1.81. The Bertz CT molecular complexity index is 1160. The Labute approximate surface area is 179 Å². The minimum absolute atomic E-state index is 0.0636. The van der Waals surface area contributed by atoms with E-state index in [1.54, 1.807) is 12.1 Å². The average molecular weight is 542 g/mol. The first kappa shape index (κ1) is 21.8. The second-order valence-corrected chi connectivity index (χ2v) is 12.5. The van der Waals surface area contributed by atoms with Crippen LogP contribution in [0.2, 0.25) is 0 Å². The molecule has 0 spiro atoms. The number of aryl methyl sites for hydroxylation is 1. The summed E-state index contributed by atoms with van der Waals surface area (Å²) in [5.74, 6) is 0. The van der Waals surface area contributed by atoms with Gasteiger partial charge in [0.05, 0.1) is 0 Å². The van der Waals surface area contributed by atoms with Crippen molar-refractivity contribution in [1.82, 2.24) is 0 Å². The molecule has 0 aliphatic rings. The van der Waals surface area contributed by atoms with Gasteiger partial charge >= 0.3 is 180 Å². The molecule has 0 atom stereocenters. The predicted octanol–water partition coefficient (Wildman–Crippen LogP) is 4.68. The van der Waals surface area contributed by atoms with Crippen LogP contribution >= 0.6 is 20.2 Å². The molecular weight excluding hydrogens is 527 g/mol. The van der Waals surface area contributed by atoms with Crippen molar-refractivity contribution in [3.05, 3.63) is 106 Å². The van der Waals surface area contributed by atoms with E-state index in [9.17, 15) is 28.6 Å². The molecule has 9 nitrogen and oxygen atoms in total. The molecule has 0 radical (unpaired) electrons. The number of nitro benzene ring substituents is 2. The molecule has 156 valence electrons. The SMILES string of the molecule is Cc1ccc(S(=O)(=O)OI(c2cccc([N+](=O)[O-])c2)c2cccc([N+](=O)[O-])c2)cc1. The van der Waals surface area contributed by atoms with E-state index in [1.165, 1.54) is 60.7 Å². The zero-order valence-corrected chi connectivity index (χ0v) is 18.4. The van der Waals surface area contributed by atoms with Crippen LogP contribution in [0.4, 0.5) is 11.4 Å². The van der Waals surface area contributed by atoms with Crippen molar-refractivity contribution in [2.45, 2.75) is 11.8 Å². The second kappa shape index (κ2) is 8.85. The first-order valence-corrected chi connectivity index (χ1v) is 12.8. The van der Waals surface area contributed by atoms with Crippen LogP contribution in [0.15, 0.2) is 77.7 Å². The van der Waals surface area contributed by atoms with Crippen molar-refractivity contribution in [1.29, 1.82) is 0 Å². The van der Waals surface area contributed by atoms with Crippen molar-refractivity contribution in [2.24, 2.45) is 0 Å². The summed E-state index contributed by atoms with van der Waals surface area (Å²) in [7, 11) is -4.21. The fourth-order valence-corrected chi connectivity index (χ4v) is 9.55. The topological polar surface area (TPSA) is 130 Å². The Morgan fingerprint density at radius 1 is 0.800 bits per heavy atom. The molecule has 0 saturated heterocycles. The molecule has 0 aliphatic heterocycles. The van der Waals surface area contributed by atoms with Crippen LogP contribution in [-0.4, -0.2) is 18.3 Å². The van der Waals surface area contributed by atoms with Crippen LogP contribution < -0.4 is 0 Å². The molecule has 0 bridgehead atoms. The molecular formula is C19H15IN2O7S. The van der Waals surface area contributed by atoms with Gasteiger partial charge in [-0.1, -0.05) is 0 Å². The molecule has 11 heteroatoms. The van der Waals surface area contributed by atoms with E-state index < -0.39 is 40.2 Å². The molecule has 30 heavy (non-hydrogen) atoms. The zero-order chi connectivity index (χ0) is 21.9. The molecule has 3 rings (SSSR count). The Balaban J connectivity index is 2.11. The van der Waals surface area contributed by atoms with Crippen molar-refractivity contribution in [3.8, 4) is 0 Å². The Morgan fingerprint density at radius 2 is 1.27 bits per heavy atom. The van der Waals surface area contributed by atoms with E-state index in [0.29, 0.717) is 7.14 Å². The summed E-state index contributed by atoms with van der Waals surface area (Å²) < 4.78 is 32.0. The average Bonchev–Trinajstić information content (AvgIpc) is 2.72. The molecule has 0 unspecified atom stereocenters. The van der Waals surface area contributed by atoms with Crippen molar-refractivity contribution in [3.63, 3.8) is 0 Å². The van der Waals surface area contributed by atoms with Gasteiger partial charge in [0, 0.05) is 0 Å². The number of nitro groups is 2. The molecule has 0 heterocycles. The van der Waals surface area contributed by atoms with Gasteiger partial charge in [-0.05, 0) is 0 Å². The number of rotatable bonds is 7. The Hall–Kier alpha value is -2.90. The first-order chi connectivity index (χ1) is 14.2. The third-order valence-electron chi connectivity index (χ3n) is 3.89. The van der Waals surface area contributed by atoms with Gasteiger partial charge in [0.25, 0.3) is 0 Å². The molecule has 0 aliphatic carbocycles. The summed E-state index contributed by atoms with van der Waals surface area (Å²) in [5, 5.41) is 22.3. The summed E-state index contributed by atoms with van der Waals surface area (Å²) in [5.41, 5.74) is 0.412. The minimum atomic E-state index is -4.21. The maximum atomic E-state index is 12.9. The van der Waals surface area contributed by atoms with Gasteiger partial charge in [0.2, 0.25) is 0 Å². The second-order valence-electron chi connectivity index (χ2n) is 6.05. The van der Waals surface area contributed by atoms with Gasteiger partial charge in [-0.3, -0.25) is 0 Å². The molecule has 0 amide bonds. The van der Waals surface area contributed by atoms with E-state index in [4.69, 9.17) is 2.51 Å². The van der Waals surface area contributed by atoms with Gasteiger partial charge in [0.1, 0.15) is 0 Å². The van der Waals surface area contributed by atoms with Crippen LogP contribution in [0, 0.1) is 34.3 Å². The van der Waals surface area contributed by atoms with Gasteiger partial charge in [-0.15, -0.1) is 0 Å². The third-order valence-corrected chi connectivity index (χ3v) is 11.1. The van der Waals surface area contributed by atoms with E-state index >= 15 is 0 Å². The fraction of sp³-hybridized carbons (Fsp3) is 0.0526. The number of benzene rings is 3. The van der Waals surface area contributed by atoms with Crippen LogP contribution in [0.25, 0.3) is 0 Å². The standard InChI is InChI=1S/C19H15IN2O7S/c1-14-8-10-19(11-9-14)30(27,28)29-20(15-4-2-6-17(12-15)21(23)24)16-5-3-7-18(13-16)22(25)26/h2-13H,1H3. The van der Waals surface area contributed by atoms with Gasteiger partial charge in [0.15, 0.2) is 0 Å². The number of hydrogen-bond donors (Lipinski definition) is 0. The van der Waals surface area contributed by atoms with E-state index in [-0.39, 0.29) is 16.3 Å². The monoisotopic (exact) mass is 542 g/mol. The van der Waals surface area contributed by atoms with Crippen LogP contribution in [0.1, 0.15) is 5.56 Å². The zero-order valence-electron chi connectivity index (χ0n) is 15.5. The van der Waals surface area contributed by atoms with Gasteiger partial charge < -0.3 is 0 Å². The molecule has 0 saturated carbocycles. The van der Waals surface area contributed by atoms with Crippen molar-refractivity contribution < 1.29 is 20.8 Å². The molecule has 0 N–H and O–H groups in total. The molecule has 3 aromatic rings. The first-order valence-electron chi connectivity index (χ1n) is 8.38. The predicted molar refractivity (Wildman–Crippen MR) is 117 cm³/mol. The van der Waals surface area contributed by atoms with E-state index in [0.717, 1.165) is 5.56 Å². The third kappa shape index (κ3) is 4.98. The normalized spacial score (nSPS) is 11.7. The molecule has 0 aromatic heterocycles. The van der Waals surface area contributed by atoms with Crippen molar-refractivity contribution >= 4 is 41.7 Å². The Kier molecular flexibility index (Phi) is 6.43. The fourth-order valence-electron chi connectivity index (χ4n) is 2.42. The van der Waals surface area contributed by atoms with Gasteiger partial charge in [-0.25, -0.2) is 0 Å². The quantitative estimate of drug-likeness (QED) is 0.241. The number of hydrogen-bond acceptors (Lipinski definition) is 7. The number of nitrogens with zero attached hydrogens (tertiary/aromatic N) is 2. The molecule has 3 aromatic carbocycles. The maximum absolute atomic E-state index is 12.9. The van der Waals surface area contributed by atoms with E-state index in [2.05, 4.69) is 0 Å². The number of halogens is 1. The summed E-state index contributed by atoms with van der Waals surface area (Å²) in [6, 6.07) is 17.0. The molecule has 0 fully saturated rings. The van der Waals surface area contributed by atoms with Crippen LogP contribution in [0.5, 0.6) is 0 Å². The van der Waals surface area contributed by atoms with E-state index in [1.807, 2.05) is 6.92 Å². The number of non-ortho nitro benzene ring substituents is 2. The Morgan fingerprint density at radius 3 is 1.70 bits per heavy atom. The van der Waals surface area contributed by atoms with Crippen LogP contribution in [0.3, 0.4) is 0 Å².